The molecule has 2 heterocycles. The molecule has 3 heteroatoms. The van der Waals surface area contributed by atoms with Crippen LogP contribution in [0.5, 0.6) is 0 Å². The van der Waals surface area contributed by atoms with Gasteiger partial charge < -0.3 is 0 Å². The van der Waals surface area contributed by atoms with Gasteiger partial charge in [-0.3, -0.25) is 0 Å². The van der Waals surface area contributed by atoms with Gasteiger partial charge in [0.2, 0.25) is 0 Å². The maximum absolute atomic E-state index is 5.42. The highest BCUT2D eigenvalue weighted by atomic mass is 32.1. The smallest absolute Gasteiger partial charge is 0.160 e. The van der Waals surface area contributed by atoms with Crippen LogP contribution in [0.15, 0.2) is 255 Å². The fourth-order valence-corrected chi connectivity index (χ4v) is 11.8. The van der Waals surface area contributed by atoms with Gasteiger partial charge in [-0.25, -0.2) is 9.97 Å². The number of fused-ring (bicyclic) bond motifs is 6. The van der Waals surface area contributed by atoms with Crippen molar-refractivity contribution in [2.75, 3.05) is 0 Å². The fraction of sp³-hybridized carbons (Fsp3) is 0.0154. The van der Waals surface area contributed by atoms with E-state index in [-0.39, 0.29) is 0 Å². The largest absolute Gasteiger partial charge is 0.228 e. The Morgan fingerprint density at radius 1 is 0.279 bits per heavy atom. The molecule has 10 aromatic carbocycles. The molecule has 1 aliphatic rings. The van der Waals surface area contributed by atoms with Gasteiger partial charge in [0, 0.05) is 36.9 Å². The number of aromatic nitrogens is 2. The van der Waals surface area contributed by atoms with Crippen molar-refractivity contribution in [3.8, 4) is 78.4 Å². The van der Waals surface area contributed by atoms with E-state index in [9.17, 15) is 0 Å². The summed E-state index contributed by atoms with van der Waals surface area (Å²) in [5, 5.41) is 2.56. The molecule has 0 radical (unpaired) electrons. The van der Waals surface area contributed by atoms with Crippen LogP contribution in [0.4, 0.5) is 0 Å². The van der Waals surface area contributed by atoms with Gasteiger partial charge in [-0.15, -0.1) is 11.3 Å². The van der Waals surface area contributed by atoms with Crippen LogP contribution < -0.4 is 0 Å². The van der Waals surface area contributed by atoms with Crippen molar-refractivity contribution in [1.82, 2.24) is 9.97 Å². The quantitative estimate of drug-likeness (QED) is 0.152. The predicted molar refractivity (Wildman–Crippen MR) is 285 cm³/mol. The molecule has 0 spiro atoms. The van der Waals surface area contributed by atoms with Crippen LogP contribution in [-0.2, 0) is 5.41 Å². The minimum absolute atomic E-state index is 0.509. The summed E-state index contributed by atoms with van der Waals surface area (Å²) in [5.41, 5.74) is 18.7. The third-order valence-corrected chi connectivity index (χ3v) is 14.9. The molecule has 13 rings (SSSR count). The van der Waals surface area contributed by atoms with Crippen LogP contribution >= 0.6 is 11.3 Å². The molecule has 0 saturated carbocycles. The monoisotopic (exact) mass is 882 g/mol. The highest BCUT2D eigenvalue weighted by Crippen LogP contribution is 2.57. The number of thiophene rings is 1. The highest BCUT2D eigenvalue weighted by Gasteiger charge is 2.46. The Labute approximate surface area is 400 Å². The van der Waals surface area contributed by atoms with Crippen molar-refractivity contribution < 1.29 is 0 Å². The lowest BCUT2D eigenvalue weighted by molar-refractivity contribution is 0.769. The predicted octanol–water partition coefficient (Wildman–Crippen LogP) is 17.2. The minimum atomic E-state index is -0.509. The van der Waals surface area contributed by atoms with Gasteiger partial charge in [0.25, 0.3) is 0 Å². The minimum Gasteiger partial charge on any atom is -0.228 e. The summed E-state index contributed by atoms with van der Waals surface area (Å²) < 4.78 is 2.59. The van der Waals surface area contributed by atoms with Gasteiger partial charge in [-0.05, 0) is 115 Å². The topological polar surface area (TPSA) is 25.8 Å². The Bertz CT molecular complexity index is 3800. The van der Waals surface area contributed by atoms with Crippen LogP contribution in [0.3, 0.4) is 0 Å². The highest BCUT2D eigenvalue weighted by molar-refractivity contribution is 7.25. The van der Waals surface area contributed by atoms with Crippen LogP contribution in [-0.4, -0.2) is 9.97 Å². The van der Waals surface area contributed by atoms with Gasteiger partial charge in [0.05, 0.1) is 16.8 Å². The summed E-state index contributed by atoms with van der Waals surface area (Å²) in [6.45, 7) is 0. The molecule has 2 aromatic heterocycles. The zero-order chi connectivity index (χ0) is 45.0. The number of hydrogen-bond donors (Lipinski definition) is 0. The zero-order valence-corrected chi connectivity index (χ0v) is 37.9. The lowest BCUT2D eigenvalue weighted by Gasteiger charge is -2.34. The van der Waals surface area contributed by atoms with Gasteiger partial charge in [0.15, 0.2) is 5.82 Å². The Morgan fingerprint density at radius 3 is 1.54 bits per heavy atom. The molecule has 2 nitrogen and oxygen atoms in total. The van der Waals surface area contributed by atoms with Crippen molar-refractivity contribution in [2.24, 2.45) is 0 Å². The van der Waals surface area contributed by atoms with Crippen LogP contribution in [0.1, 0.15) is 22.3 Å². The summed E-state index contributed by atoms with van der Waals surface area (Å²) in [4.78, 5) is 10.8. The second-order valence-electron chi connectivity index (χ2n) is 17.6. The van der Waals surface area contributed by atoms with E-state index < -0.39 is 5.41 Å². The molecule has 0 unspecified atom stereocenters. The van der Waals surface area contributed by atoms with E-state index in [4.69, 9.17) is 9.97 Å². The average Bonchev–Trinajstić information content (AvgIpc) is 3.95. The molecule has 0 aliphatic heterocycles. The Hall–Kier alpha value is -8.50. The molecule has 1 aliphatic carbocycles. The summed E-state index contributed by atoms with van der Waals surface area (Å²) in [5.74, 6) is 0.685. The summed E-state index contributed by atoms with van der Waals surface area (Å²) in [6.07, 6.45) is 0. The summed E-state index contributed by atoms with van der Waals surface area (Å²) in [6, 6.07) is 92.6. The summed E-state index contributed by atoms with van der Waals surface area (Å²) >= 11 is 1.84. The second-order valence-corrected chi connectivity index (χ2v) is 18.7. The molecule has 0 bridgehead atoms. The lowest BCUT2D eigenvalue weighted by Crippen LogP contribution is -2.28. The van der Waals surface area contributed by atoms with Crippen molar-refractivity contribution >= 4 is 31.5 Å². The Balaban J connectivity index is 1.02. The van der Waals surface area contributed by atoms with E-state index >= 15 is 0 Å². The van der Waals surface area contributed by atoms with Gasteiger partial charge >= 0.3 is 0 Å². The molecular formula is C65H42N2S. The van der Waals surface area contributed by atoms with Gasteiger partial charge in [0.1, 0.15) is 0 Å². The van der Waals surface area contributed by atoms with Crippen LogP contribution in [0.2, 0.25) is 0 Å². The van der Waals surface area contributed by atoms with Crippen molar-refractivity contribution in [3.05, 3.63) is 277 Å². The molecule has 0 atom stereocenters. The second kappa shape index (κ2) is 16.4. The first-order valence-electron chi connectivity index (χ1n) is 23.2. The standard InChI is InChI=1S/C65H42N2S/c1-5-19-43(20-6-1)47-37-48(45-33-35-54-53-28-15-17-31-58(53)65(59(54)41-45,50-23-9-3-10-24-50)51-25-11-4-12-26-51)39-49(38-47)60-42-61(67-64(66-60)44-21-7-2-8-22-44)55-29-14-13-27-52(55)46-34-36-63-57(40-46)56-30-16-18-32-62(56)68-63/h1-42H. The van der Waals surface area contributed by atoms with E-state index in [0.717, 1.165) is 61.5 Å². The van der Waals surface area contributed by atoms with Gasteiger partial charge in [-0.1, -0.05) is 206 Å². The molecule has 68 heavy (non-hydrogen) atoms. The van der Waals surface area contributed by atoms with Crippen molar-refractivity contribution in [3.63, 3.8) is 0 Å². The first-order valence-corrected chi connectivity index (χ1v) is 24.0. The molecular weight excluding hydrogens is 841 g/mol. The van der Waals surface area contributed by atoms with Crippen LogP contribution in [0.25, 0.3) is 98.6 Å². The molecule has 0 amide bonds. The lowest BCUT2D eigenvalue weighted by atomic mass is 9.67. The maximum atomic E-state index is 5.42. The number of hydrogen-bond acceptors (Lipinski definition) is 3. The molecule has 12 aromatic rings. The van der Waals surface area contributed by atoms with E-state index in [1.54, 1.807) is 0 Å². The zero-order valence-electron chi connectivity index (χ0n) is 37.1. The average molecular weight is 883 g/mol. The molecule has 318 valence electrons. The number of nitrogens with zero attached hydrogens (tertiary/aromatic N) is 2. The third-order valence-electron chi connectivity index (χ3n) is 13.8. The molecule has 0 fully saturated rings. The Kier molecular flexibility index (Phi) is 9.62. The Morgan fingerprint density at radius 2 is 0.809 bits per heavy atom. The normalized spacial score (nSPS) is 12.5. The number of rotatable bonds is 8. The van der Waals surface area contributed by atoms with E-state index in [0.29, 0.717) is 5.82 Å². The molecule has 0 N–H and O–H groups in total. The fourth-order valence-electron chi connectivity index (χ4n) is 10.7. The molecule has 0 saturated heterocycles. The first kappa shape index (κ1) is 39.8. The van der Waals surface area contributed by atoms with Crippen molar-refractivity contribution in [2.45, 2.75) is 5.41 Å². The van der Waals surface area contributed by atoms with Crippen LogP contribution in [0, 0.1) is 0 Å². The SMILES string of the molecule is c1ccc(-c2cc(-c3ccc4c(c3)C(c3ccccc3)(c3ccccc3)c3ccccc3-4)cc(-c3cc(-c4ccccc4-c4ccc5sc6ccccc6c5c4)nc(-c4ccccc4)n3)c2)cc1. The third kappa shape index (κ3) is 6.62. The first-order chi connectivity index (χ1) is 33.7. The summed E-state index contributed by atoms with van der Waals surface area (Å²) in [7, 11) is 0. The van der Waals surface area contributed by atoms with E-state index in [1.807, 2.05) is 17.4 Å². The van der Waals surface area contributed by atoms with E-state index in [2.05, 4.69) is 249 Å². The van der Waals surface area contributed by atoms with E-state index in [1.165, 1.54) is 53.6 Å². The van der Waals surface area contributed by atoms with Crippen molar-refractivity contribution in [1.29, 1.82) is 0 Å². The maximum Gasteiger partial charge on any atom is 0.160 e. The van der Waals surface area contributed by atoms with Gasteiger partial charge in [-0.2, -0.15) is 0 Å². The number of benzene rings is 10.